The summed E-state index contributed by atoms with van der Waals surface area (Å²) in [5.41, 5.74) is 2.49. The maximum absolute atomic E-state index is 5.13. The van der Waals surface area contributed by atoms with Crippen LogP contribution in [-0.2, 0) is 0 Å². The zero-order valence-electron chi connectivity index (χ0n) is 16.0. The summed E-state index contributed by atoms with van der Waals surface area (Å²) in [7, 11) is 0. The number of aromatic nitrogens is 2. The van der Waals surface area contributed by atoms with Gasteiger partial charge in [-0.15, -0.1) is 0 Å². The largest absolute Gasteiger partial charge is 0.351 e. The van der Waals surface area contributed by atoms with E-state index in [-0.39, 0.29) is 12.1 Å². The van der Waals surface area contributed by atoms with Crippen molar-refractivity contribution in [1.82, 2.24) is 14.5 Å². The zero-order valence-corrected chi connectivity index (χ0v) is 16.8. The van der Waals surface area contributed by atoms with E-state index in [4.69, 9.17) is 4.99 Å². The van der Waals surface area contributed by atoms with Crippen molar-refractivity contribution in [3.05, 3.63) is 54.1 Å². The zero-order chi connectivity index (χ0) is 18.2. The first-order chi connectivity index (χ1) is 13.3. The molecule has 5 heteroatoms. The van der Waals surface area contributed by atoms with Gasteiger partial charge in [0.15, 0.2) is 5.17 Å². The molecular formula is C22H28N4S. The van der Waals surface area contributed by atoms with Crippen molar-refractivity contribution in [3.63, 3.8) is 0 Å². The molecule has 3 atom stereocenters. The number of rotatable bonds is 4. The molecule has 1 aliphatic carbocycles. The fourth-order valence-corrected chi connectivity index (χ4v) is 6.26. The van der Waals surface area contributed by atoms with Crippen molar-refractivity contribution in [3.8, 4) is 0 Å². The van der Waals surface area contributed by atoms with Crippen LogP contribution in [0.3, 0.4) is 0 Å². The standard InChI is InChI=1S/C22H28N4S/c1-2-17-15-27-22-24-20(19-10-6-7-12-23-19)21(26(17)22)16-11-13-25(14-16)18-8-4-3-5-9-18/h6-7,10-14,17-18,20-21H,2-5,8-9,15H2,1H3/t17-,20-,21+/m0/s1. The van der Waals surface area contributed by atoms with Gasteiger partial charge >= 0.3 is 0 Å². The highest BCUT2D eigenvalue weighted by Crippen LogP contribution is 2.48. The van der Waals surface area contributed by atoms with Gasteiger partial charge in [0.25, 0.3) is 0 Å². The number of nitrogens with zero attached hydrogens (tertiary/aromatic N) is 4. The smallest absolute Gasteiger partial charge is 0.160 e. The van der Waals surface area contributed by atoms with Gasteiger partial charge < -0.3 is 9.47 Å². The molecule has 0 aromatic carbocycles. The summed E-state index contributed by atoms with van der Waals surface area (Å²) < 4.78 is 2.48. The summed E-state index contributed by atoms with van der Waals surface area (Å²) in [6.07, 6.45) is 14.6. The van der Waals surface area contributed by atoms with Crippen LogP contribution in [0.2, 0.25) is 0 Å². The average Bonchev–Trinajstić information content (AvgIpc) is 3.44. The summed E-state index contributed by atoms with van der Waals surface area (Å²) >= 11 is 1.92. The van der Waals surface area contributed by atoms with E-state index < -0.39 is 0 Å². The van der Waals surface area contributed by atoms with Gasteiger partial charge in [-0.3, -0.25) is 9.98 Å². The van der Waals surface area contributed by atoms with Crippen molar-refractivity contribution < 1.29 is 0 Å². The monoisotopic (exact) mass is 380 g/mol. The molecule has 1 saturated carbocycles. The maximum atomic E-state index is 5.13. The lowest BCUT2D eigenvalue weighted by Crippen LogP contribution is -2.35. The second kappa shape index (κ2) is 7.34. The average molecular weight is 381 g/mol. The van der Waals surface area contributed by atoms with E-state index in [2.05, 4.69) is 52.0 Å². The van der Waals surface area contributed by atoms with Gasteiger partial charge in [-0.05, 0) is 43.0 Å². The minimum absolute atomic E-state index is 0.102. The lowest BCUT2D eigenvalue weighted by Gasteiger charge is -2.31. The summed E-state index contributed by atoms with van der Waals surface area (Å²) in [5, 5.41) is 1.22. The van der Waals surface area contributed by atoms with Crippen LogP contribution in [0.25, 0.3) is 0 Å². The molecular weight excluding hydrogens is 352 g/mol. The summed E-state index contributed by atoms with van der Waals surface area (Å²) in [5.74, 6) is 1.16. The Hall–Kier alpha value is -1.75. The van der Waals surface area contributed by atoms with E-state index in [1.807, 2.05) is 24.0 Å². The van der Waals surface area contributed by atoms with Gasteiger partial charge in [0.05, 0.1) is 11.7 Å². The predicted octanol–water partition coefficient (Wildman–Crippen LogP) is 5.37. The molecule has 2 fully saturated rings. The van der Waals surface area contributed by atoms with Crippen LogP contribution in [0.4, 0.5) is 0 Å². The number of amidine groups is 1. The van der Waals surface area contributed by atoms with Crippen molar-refractivity contribution in [2.45, 2.75) is 69.6 Å². The summed E-state index contributed by atoms with van der Waals surface area (Å²) in [6, 6.07) is 10.2. The summed E-state index contributed by atoms with van der Waals surface area (Å²) in [6.45, 7) is 2.30. The first-order valence-corrected chi connectivity index (χ1v) is 11.4. The van der Waals surface area contributed by atoms with E-state index in [0.29, 0.717) is 12.1 Å². The normalized spacial score (nSPS) is 28.4. The van der Waals surface area contributed by atoms with Crippen LogP contribution in [-0.4, -0.2) is 31.4 Å². The third-order valence-electron chi connectivity index (χ3n) is 6.40. The number of fused-ring (bicyclic) bond motifs is 1. The Balaban J connectivity index is 1.50. The van der Waals surface area contributed by atoms with Crippen LogP contribution >= 0.6 is 11.8 Å². The SMILES string of the molecule is CC[C@H]1CSC2=N[C@@H](c3ccccn3)[C@@H](c3ccn(C4CCCCC4)c3)N21. The van der Waals surface area contributed by atoms with E-state index >= 15 is 0 Å². The first-order valence-electron chi connectivity index (χ1n) is 10.4. The molecule has 27 heavy (non-hydrogen) atoms. The molecule has 0 unspecified atom stereocenters. The number of thioether (sulfide) groups is 1. The number of hydrogen-bond donors (Lipinski definition) is 0. The van der Waals surface area contributed by atoms with Crippen molar-refractivity contribution in [2.24, 2.45) is 4.99 Å². The number of hydrogen-bond acceptors (Lipinski definition) is 4. The highest BCUT2D eigenvalue weighted by molar-refractivity contribution is 8.14. The number of pyridine rings is 1. The lowest BCUT2D eigenvalue weighted by molar-refractivity contribution is 0.254. The molecule has 2 aliphatic heterocycles. The number of aliphatic imine (C=N–C) groups is 1. The van der Waals surface area contributed by atoms with Crippen molar-refractivity contribution in [1.29, 1.82) is 0 Å². The molecule has 142 valence electrons. The first kappa shape index (κ1) is 17.4. The molecule has 0 spiro atoms. The minimum atomic E-state index is 0.102. The second-order valence-corrected chi connectivity index (χ2v) is 9.01. The van der Waals surface area contributed by atoms with Gasteiger partial charge in [-0.25, -0.2) is 0 Å². The van der Waals surface area contributed by atoms with E-state index in [1.54, 1.807) is 0 Å². The van der Waals surface area contributed by atoms with E-state index in [1.165, 1.54) is 49.3 Å². The topological polar surface area (TPSA) is 33.4 Å². The molecule has 0 N–H and O–H groups in total. The molecule has 1 saturated heterocycles. The molecule has 5 rings (SSSR count). The van der Waals surface area contributed by atoms with Crippen LogP contribution in [0, 0.1) is 0 Å². The van der Waals surface area contributed by atoms with E-state index in [0.717, 1.165) is 11.4 Å². The molecule has 4 nitrogen and oxygen atoms in total. The van der Waals surface area contributed by atoms with Crippen molar-refractivity contribution in [2.75, 3.05) is 5.75 Å². The second-order valence-electron chi connectivity index (χ2n) is 8.02. The van der Waals surface area contributed by atoms with Gasteiger partial charge in [0.2, 0.25) is 0 Å². The Morgan fingerprint density at radius 1 is 1.15 bits per heavy atom. The Bertz CT molecular complexity index is 809. The maximum Gasteiger partial charge on any atom is 0.160 e. The quantitative estimate of drug-likeness (QED) is 0.715. The Morgan fingerprint density at radius 2 is 2.04 bits per heavy atom. The van der Waals surface area contributed by atoms with Gasteiger partial charge in [-0.1, -0.05) is 44.0 Å². The highest BCUT2D eigenvalue weighted by Gasteiger charge is 2.45. The molecule has 0 bridgehead atoms. The Kier molecular flexibility index (Phi) is 4.72. The lowest BCUT2D eigenvalue weighted by atomic mass is 9.95. The fourth-order valence-electron chi connectivity index (χ4n) is 4.92. The van der Waals surface area contributed by atoms with Gasteiger partial charge in [0.1, 0.15) is 6.04 Å². The molecule has 3 aliphatic rings. The van der Waals surface area contributed by atoms with E-state index in [9.17, 15) is 0 Å². The Labute approximate surface area is 166 Å². The summed E-state index contributed by atoms with van der Waals surface area (Å²) in [4.78, 5) is 12.4. The molecule has 4 heterocycles. The molecule has 0 amide bonds. The van der Waals surface area contributed by atoms with Crippen LogP contribution in [0.15, 0.2) is 47.8 Å². The predicted molar refractivity (Wildman–Crippen MR) is 112 cm³/mol. The minimum Gasteiger partial charge on any atom is -0.351 e. The van der Waals surface area contributed by atoms with Gasteiger partial charge in [-0.2, -0.15) is 0 Å². The van der Waals surface area contributed by atoms with Crippen molar-refractivity contribution >= 4 is 16.9 Å². The Morgan fingerprint density at radius 3 is 2.81 bits per heavy atom. The van der Waals surface area contributed by atoms with Crippen LogP contribution < -0.4 is 0 Å². The highest BCUT2D eigenvalue weighted by atomic mass is 32.2. The third kappa shape index (κ3) is 3.10. The third-order valence-corrected chi connectivity index (χ3v) is 7.53. The molecule has 0 radical (unpaired) electrons. The fraction of sp³-hybridized carbons (Fsp3) is 0.545. The van der Waals surface area contributed by atoms with Crippen LogP contribution in [0.5, 0.6) is 0 Å². The van der Waals surface area contributed by atoms with Crippen LogP contribution in [0.1, 0.15) is 74.8 Å². The molecule has 2 aromatic heterocycles. The molecule has 2 aromatic rings. The van der Waals surface area contributed by atoms with Gasteiger partial charge in [0, 0.05) is 36.4 Å².